The Morgan fingerprint density at radius 1 is 1.17 bits per heavy atom. The van der Waals surface area contributed by atoms with Gasteiger partial charge in [0.2, 0.25) is 0 Å². The Bertz CT molecular complexity index is 511. The summed E-state index contributed by atoms with van der Waals surface area (Å²) in [4.78, 5) is 1.12. The molecule has 0 aliphatic carbocycles. The number of aliphatic hydroxyl groups excluding tert-OH is 1. The monoisotopic (exact) mass is 278 g/mol. The molecule has 3 heteroatoms. The van der Waals surface area contributed by atoms with Crippen molar-refractivity contribution >= 4 is 23.4 Å². The molecule has 2 aromatic rings. The van der Waals surface area contributed by atoms with Gasteiger partial charge in [-0.3, -0.25) is 0 Å². The second-order valence-corrected chi connectivity index (χ2v) is 5.59. The SMILES string of the molecule is CC(O)c1ccc(SCc2ccccc2)cc1Cl. The summed E-state index contributed by atoms with van der Waals surface area (Å²) in [6.45, 7) is 1.72. The highest BCUT2D eigenvalue weighted by Gasteiger charge is 2.07. The zero-order chi connectivity index (χ0) is 13.0. The van der Waals surface area contributed by atoms with Gasteiger partial charge < -0.3 is 5.11 Å². The highest BCUT2D eigenvalue weighted by Crippen LogP contribution is 2.30. The lowest BCUT2D eigenvalue weighted by Crippen LogP contribution is -1.92. The van der Waals surface area contributed by atoms with Crippen LogP contribution >= 0.6 is 23.4 Å². The molecule has 0 fully saturated rings. The van der Waals surface area contributed by atoms with Crippen molar-refractivity contribution in [3.8, 4) is 0 Å². The fraction of sp³-hybridized carbons (Fsp3) is 0.200. The molecule has 0 radical (unpaired) electrons. The van der Waals surface area contributed by atoms with Gasteiger partial charge in [-0.15, -0.1) is 11.8 Å². The highest BCUT2D eigenvalue weighted by molar-refractivity contribution is 7.98. The average Bonchev–Trinajstić information content (AvgIpc) is 2.37. The predicted molar refractivity (Wildman–Crippen MR) is 78.1 cm³/mol. The Morgan fingerprint density at radius 3 is 2.50 bits per heavy atom. The van der Waals surface area contributed by atoms with Crippen LogP contribution in [0, 0.1) is 0 Å². The third kappa shape index (κ3) is 3.52. The molecule has 1 atom stereocenters. The molecule has 18 heavy (non-hydrogen) atoms. The van der Waals surface area contributed by atoms with Crippen molar-refractivity contribution in [3.63, 3.8) is 0 Å². The van der Waals surface area contributed by atoms with E-state index in [1.54, 1.807) is 18.7 Å². The first kappa shape index (κ1) is 13.5. The van der Waals surface area contributed by atoms with E-state index in [0.717, 1.165) is 16.2 Å². The summed E-state index contributed by atoms with van der Waals surface area (Å²) in [5.41, 5.74) is 2.07. The van der Waals surface area contributed by atoms with Crippen molar-refractivity contribution in [1.82, 2.24) is 0 Å². The molecule has 0 spiro atoms. The van der Waals surface area contributed by atoms with Crippen LogP contribution in [0.3, 0.4) is 0 Å². The van der Waals surface area contributed by atoms with Gasteiger partial charge in [-0.05, 0) is 30.2 Å². The number of rotatable bonds is 4. The first-order chi connectivity index (χ1) is 8.66. The minimum atomic E-state index is -0.523. The number of hydrogen-bond donors (Lipinski definition) is 1. The van der Waals surface area contributed by atoms with Gasteiger partial charge in [0.1, 0.15) is 0 Å². The molecular formula is C15H15ClOS. The molecule has 2 rings (SSSR count). The minimum absolute atomic E-state index is 0.523. The predicted octanol–water partition coefficient (Wildman–Crippen LogP) is 4.69. The Labute approximate surface area is 117 Å². The second kappa shape index (κ2) is 6.28. The maximum atomic E-state index is 9.51. The van der Waals surface area contributed by atoms with Gasteiger partial charge in [0, 0.05) is 15.7 Å². The number of hydrogen-bond acceptors (Lipinski definition) is 2. The van der Waals surface area contributed by atoms with Crippen LogP contribution in [-0.2, 0) is 5.75 Å². The van der Waals surface area contributed by atoms with Gasteiger partial charge >= 0.3 is 0 Å². The van der Waals surface area contributed by atoms with Crippen molar-refractivity contribution in [3.05, 3.63) is 64.7 Å². The molecule has 1 N–H and O–H groups in total. The van der Waals surface area contributed by atoms with E-state index in [2.05, 4.69) is 12.1 Å². The lowest BCUT2D eigenvalue weighted by molar-refractivity contribution is 0.199. The molecule has 0 heterocycles. The Balaban J connectivity index is 2.05. The molecule has 0 amide bonds. The molecule has 0 aromatic heterocycles. The summed E-state index contributed by atoms with van der Waals surface area (Å²) in [6, 6.07) is 16.1. The van der Waals surface area contributed by atoms with Crippen LogP contribution in [0.25, 0.3) is 0 Å². The van der Waals surface area contributed by atoms with Crippen molar-refractivity contribution in [2.75, 3.05) is 0 Å². The van der Waals surface area contributed by atoms with E-state index in [4.69, 9.17) is 11.6 Å². The zero-order valence-electron chi connectivity index (χ0n) is 10.1. The number of benzene rings is 2. The van der Waals surface area contributed by atoms with E-state index in [1.165, 1.54) is 5.56 Å². The van der Waals surface area contributed by atoms with E-state index >= 15 is 0 Å². The lowest BCUT2D eigenvalue weighted by atomic mass is 10.1. The fourth-order valence-electron chi connectivity index (χ4n) is 1.68. The van der Waals surface area contributed by atoms with E-state index in [1.807, 2.05) is 36.4 Å². The average molecular weight is 279 g/mol. The minimum Gasteiger partial charge on any atom is -0.389 e. The standard InChI is InChI=1S/C15H15ClOS/c1-11(17)14-8-7-13(9-15(14)16)18-10-12-5-3-2-4-6-12/h2-9,11,17H,10H2,1H3. The molecule has 0 bridgehead atoms. The van der Waals surface area contributed by atoms with Crippen molar-refractivity contribution in [1.29, 1.82) is 0 Å². The summed E-state index contributed by atoms with van der Waals surface area (Å²) in [5.74, 6) is 0.922. The van der Waals surface area contributed by atoms with Crippen molar-refractivity contribution in [2.45, 2.75) is 23.7 Å². The first-order valence-corrected chi connectivity index (χ1v) is 7.17. The van der Waals surface area contributed by atoms with Gasteiger partial charge in [-0.25, -0.2) is 0 Å². The second-order valence-electron chi connectivity index (χ2n) is 4.13. The van der Waals surface area contributed by atoms with E-state index in [-0.39, 0.29) is 0 Å². The number of halogens is 1. The summed E-state index contributed by atoms with van der Waals surface area (Å²) in [6.07, 6.45) is -0.523. The highest BCUT2D eigenvalue weighted by atomic mass is 35.5. The van der Waals surface area contributed by atoms with Crippen LogP contribution in [0.15, 0.2) is 53.4 Å². The van der Waals surface area contributed by atoms with Gasteiger partial charge in [0.05, 0.1) is 6.10 Å². The van der Waals surface area contributed by atoms with E-state index < -0.39 is 6.10 Å². The van der Waals surface area contributed by atoms with Crippen LogP contribution in [0.1, 0.15) is 24.2 Å². The summed E-state index contributed by atoms with van der Waals surface area (Å²) in [5, 5.41) is 10.1. The third-order valence-electron chi connectivity index (χ3n) is 2.67. The lowest BCUT2D eigenvalue weighted by Gasteiger charge is -2.09. The maximum absolute atomic E-state index is 9.51. The van der Waals surface area contributed by atoms with Crippen LogP contribution in [-0.4, -0.2) is 5.11 Å². The molecule has 1 unspecified atom stereocenters. The normalized spacial score (nSPS) is 12.4. The van der Waals surface area contributed by atoms with Crippen LogP contribution < -0.4 is 0 Å². The largest absolute Gasteiger partial charge is 0.389 e. The van der Waals surface area contributed by atoms with Gasteiger partial charge in [0.25, 0.3) is 0 Å². The Kier molecular flexibility index (Phi) is 4.70. The van der Waals surface area contributed by atoms with Crippen LogP contribution in [0.4, 0.5) is 0 Å². The fourth-order valence-corrected chi connectivity index (χ4v) is 2.97. The molecule has 0 aliphatic heterocycles. The zero-order valence-corrected chi connectivity index (χ0v) is 11.7. The van der Waals surface area contributed by atoms with E-state index in [9.17, 15) is 5.11 Å². The number of thioether (sulfide) groups is 1. The maximum Gasteiger partial charge on any atom is 0.0776 e. The van der Waals surface area contributed by atoms with Gasteiger partial charge in [-0.2, -0.15) is 0 Å². The van der Waals surface area contributed by atoms with Crippen LogP contribution in [0.2, 0.25) is 5.02 Å². The van der Waals surface area contributed by atoms with Gasteiger partial charge in [-0.1, -0.05) is 48.0 Å². The molecule has 0 saturated carbocycles. The summed E-state index contributed by atoms with van der Waals surface area (Å²) >= 11 is 7.87. The molecule has 2 aromatic carbocycles. The quantitative estimate of drug-likeness (QED) is 0.819. The molecular weight excluding hydrogens is 264 g/mol. The van der Waals surface area contributed by atoms with E-state index in [0.29, 0.717) is 5.02 Å². The molecule has 1 nitrogen and oxygen atoms in total. The summed E-state index contributed by atoms with van der Waals surface area (Å²) in [7, 11) is 0. The first-order valence-electron chi connectivity index (χ1n) is 5.81. The Morgan fingerprint density at radius 2 is 1.89 bits per heavy atom. The summed E-state index contributed by atoms with van der Waals surface area (Å²) < 4.78 is 0. The molecule has 94 valence electrons. The van der Waals surface area contributed by atoms with Crippen LogP contribution in [0.5, 0.6) is 0 Å². The van der Waals surface area contributed by atoms with Crippen molar-refractivity contribution < 1.29 is 5.11 Å². The molecule has 0 saturated heterocycles. The van der Waals surface area contributed by atoms with Gasteiger partial charge in [0.15, 0.2) is 0 Å². The topological polar surface area (TPSA) is 20.2 Å². The Hall–Kier alpha value is -0.960. The third-order valence-corrected chi connectivity index (χ3v) is 4.06. The number of aliphatic hydroxyl groups is 1. The molecule has 0 aliphatic rings. The smallest absolute Gasteiger partial charge is 0.0776 e. The van der Waals surface area contributed by atoms with Crippen molar-refractivity contribution in [2.24, 2.45) is 0 Å².